The van der Waals surface area contributed by atoms with Gasteiger partial charge in [0.15, 0.2) is 5.54 Å². The van der Waals surface area contributed by atoms with Gasteiger partial charge in [-0.25, -0.2) is 0 Å². The minimum atomic E-state index is -4.86. The molecule has 1 amide bonds. The number of rotatable bonds is 5. The number of carbonyl (C=O) groups is 2. The average molecular weight is 256 g/mol. The van der Waals surface area contributed by atoms with E-state index in [0.29, 0.717) is 6.92 Å². The standard InChI is InChI=1S/C9H15F3N2O3/c1-5(3-4-6(15)16)14-7(17)8(2,13)9(10,11)12/h5H,3-4,13H2,1-2H3,(H,14,17)(H,15,16). The number of carbonyl (C=O) groups excluding carboxylic acids is 1. The minimum absolute atomic E-state index is 0.0367. The van der Waals surface area contributed by atoms with Gasteiger partial charge >= 0.3 is 12.1 Å². The molecule has 0 saturated carbocycles. The van der Waals surface area contributed by atoms with Crippen molar-refractivity contribution in [1.29, 1.82) is 0 Å². The van der Waals surface area contributed by atoms with Gasteiger partial charge in [-0.05, 0) is 20.3 Å². The van der Waals surface area contributed by atoms with Crippen LogP contribution in [0.15, 0.2) is 0 Å². The van der Waals surface area contributed by atoms with E-state index >= 15 is 0 Å². The fourth-order valence-corrected chi connectivity index (χ4v) is 0.915. The Morgan fingerprint density at radius 1 is 1.41 bits per heavy atom. The van der Waals surface area contributed by atoms with E-state index in [2.05, 4.69) is 0 Å². The zero-order chi connectivity index (χ0) is 13.9. The van der Waals surface area contributed by atoms with E-state index in [1.165, 1.54) is 6.92 Å². The Morgan fingerprint density at radius 3 is 2.24 bits per heavy atom. The number of hydrogen-bond acceptors (Lipinski definition) is 3. The quantitative estimate of drug-likeness (QED) is 0.672. The second kappa shape index (κ2) is 5.35. The summed E-state index contributed by atoms with van der Waals surface area (Å²) in [7, 11) is 0. The molecule has 0 aliphatic heterocycles. The maximum atomic E-state index is 12.4. The second-order valence-electron chi connectivity index (χ2n) is 4.01. The Hall–Kier alpha value is -1.31. The molecule has 5 nitrogen and oxygen atoms in total. The van der Waals surface area contributed by atoms with E-state index < -0.39 is 29.6 Å². The SMILES string of the molecule is CC(CCC(=O)O)NC(=O)C(C)(N)C(F)(F)F. The molecule has 100 valence electrons. The summed E-state index contributed by atoms with van der Waals surface area (Å²) < 4.78 is 37.1. The lowest BCUT2D eigenvalue weighted by molar-refractivity contribution is -0.187. The lowest BCUT2D eigenvalue weighted by atomic mass is 10.0. The van der Waals surface area contributed by atoms with Gasteiger partial charge in [0.2, 0.25) is 5.91 Å². The molecule has 0 bridgehead atoms. The zero-order valence-electron chi connectivity index (χ0n) is 9.47. The molecule has 0 heterocycles. The van der Waals surface area contributed by atoms with Gasteiger partial charge < -0.3 is 16.2 Å². The number of carboxylic acids is 1. The number of carboxylic acid groups (broad SMARTS) is 1. The van der Waals surface area contributed by atoms with Gasteiger partial charge in [0.25, 0.3) is 0 Å². The Bertz CT molecular complexity index is 302. The number of nitrogens with one attached hydrogen (secondary N) is 1. The van der Waals surface area contributed by atoms with E-state index in [1.807, 2.05) is 5.32 Å². The number of alkyl halides is 3. The third-order valence-electron chi connectivity index (χ3n) is 2.23. The molecule has 0 aromatic carbocycles. The number of amides is 1. The summed E-state index contributed by atoms with van der Waals surface area (Å²) in [6.07, 6.45) is -5.06. The Morgan fingerprint density at radius 2 is 1.88 bits per heavy atom. The van der Waals surface area contributed by atoms with Gasteiger partial charge in [0.1, 0.15) is 0 Å². The number of hydrogen-bond donors (Lipinski definition) is 3. The van der Waals surface area contributed by atoms with Crippen LogP contribution in [-0.2, 0) is 9.59 Å². The van der Waals surface area contributed by atoms with Crippen molar-refractivity contribution in [3.8, 4) is 0 Å². The van der Waals surface area contributed by atoms with Crippen molar-refractivity contribution in [2.75, 3.05) is 0 Å². The Balaban J connectivity index is 4.40. The number of nitrogens with two attached hydrogens (primary N) is 1. The van der Waals surface area contributed by atoms with Crippen molar-refractivity contribution in [3.63, 3.8) is 0 Å². The van der Waals surface area contributed by atoms with Crippen LogP contribution in [-0.4, -0.2) is 34.7 Å². The molecule has 0 spiro atoms. The first kappa shape index (κ1) is 15.7. The third-order valence-corrected chi connectivity index (χ3v) is 2.23. The van der Waals surface area contributed by atoms with Crippen LogP contribution in [0, 0.1) is 0 Å². The number of aliphatic carboxylic acids is 1. The van der Waals surface area contributed by atoms with Crippen LogP contribution >= 0.6 is 0 Å². The number of halogens is 3. The van der Waals surface area contributed by atoms with Gasteiger partial charge in [-0.2, -0.15) is 13.2 Å². The molecule has 0 fully saturated rings. The maximum absolute atomic E-state index is 12.4. The molecule has 0 aliphatic rings. The first-order valence-electron chi connectivity index (χ1n) is 4.87. The van der Waals surface area contributed by atoms with Gasteiger partial charge in [-0.3, -0.25) is 9.59 Å². The largest absolute Gasteiger partial charge is 0.481 e. The van der Waals surface area contributed by atoms with Crippen LogP contribution < -0.4 is 11.1 Å². The molecule has 0 rings (SSSR count). The Kier molecular flexibility index (Phi) is 4.94. The van der Waals surface area contributed by atoms with Crippen molar-refractivity contribution in [2.24, 2.45) is 5.73 Å². The zero-order valence-corrected chi connectivity index (χ0v) is 9.47. The first-order valence-corrected chi connectivity index (χ1v) is 4.87. The van der Waals surface area contributed by atoms with Crippen LogP contribution in [0.1, 0.15) is 26.7 Å². The molecule has 0 saturated heterocycles. The summed E-state index contributed by atoms with van der Waals surface area (Å²) in [6, 6.07) is -0.691. The molecule has 8 heteroatoms. The lowest BCUT2D eigenvalue weighted by Gasteiger charge is -2.27. The molecule has 2 atom stereocenters. The van der Waals surface area contributed by atoms with Crippen LogP contribution in [0.2, 0.25) is 0 Å². The molecular weight excluding hydrogens is 241 g/mol. The van der Waals surface area contributed by atoms with Crippen LogP contribution in [0.25, 0.3) is 0 Å². The topological polar surface area (TPSA) is 92.4 Å². The van der Waals surface area contributed by atoms with E-state index in [1.54, 1.807) is 0 Å². The van der Waals surface area contributed by atoms with Crippen LogP contribution in [0.5, 0.6) is 0 Å². The highest BCUT2D eigenvalue weighted by atomic mass is 19.4. The molecule has 0 aliphatic carbocycles. The molecule has 0 aromatic heterocycles. The summed E-state index contributed by atoms with van der Waals surface area (Å²) in [6.45, 7) is 1.97. The Labute approximate surface area is 96.2 Å². The summed E-state index contributed by atoms with van der Waals surface area (Å²) >= 11 is 0. The van der Waals surface area contributed by atoms with E-state index in [9.17, 15) is 22.8 Å². The average Bonchev–Trinajstić information content (AvgIpc) is 2.12. The molecular formula is C9H15F3N2O3. The van der Waals surface area contributed by atoms with Crippen molar-refractivity contribution in [2.45, 2.75) is 44.4 Å². The van der Waals surface area contributed by atoms with Crippen LogP contribution in [0.3, 0.4) is 0 Å². The summed E-state index contributed by atoms with van der Waals surface area (Å²) in [5, 5.41) is 10.4. The highest BCUT2D eigenvalue weighted by Gasteiger charge is 2.54. The molecule has 2 unspecified atom stereocenters. The van der Waals surface area contributed by atoms with Gasteiger partial charge in [-0.15, -0.1) is 0 Å². The van der Waals surface area contributed by atoms with Crippen molar-refractivity contribution >= 4 is 11.9 Å². The van der Waals surface area contributed by atoms with Crippen molar-refractivity contribution in [3.05, 3.63) is 0 Å². The molecule has 0 radical (unpaired) electrons. The monoisotopic (exact) mass is 256 g/mol. The van der Waals surface area contributed by atoms with Gasteiger partial charge in [-0.1, -0.05) is 0 Å². The summed E-state index contributed by atoms with van der Waals surface area (Å²) in [5.41, 5.74) is 1.91. The fraction of sp³-hybridized carbons (Fsp3) is 0.778. The summed E-state index contributed by atoms with van der Waals surface area (Å²) in [5.74, 6) is -2.46. The van der Waals surface area contributed by atoms with Crippen molar-refractivity contribution in [1.82, 2.24) is 5.32 Å². The van der Waals surface area contributed by atoms with Gasteiger partial charge in [0.05, 0.1) is 0 Å². The predicted molar refractivity (Wildman–Crippen MR) is 53.1 cm³/mol. The minimum Gasteiger partial charge on any atom is -0.481 e. The highest BCUT2D eigenvalue weighted by Crippen LogP contribution is 2.28. The van der Waals surface area contributed by atoms with E-state index in [4.69, 9.17) is 10.8 Å². The predicted octanol–water partition coefficient (Wildman–Crippen LogP) is 0.636. The lowest BCUT2D eigenvalue weighted by Crippen LogP contribution is -2.62. The fourth-order valence-electron chi connectivity index (χ4n) is 0.915. The molecule has 17 heavy (non-hydrogen) atoms. The smallest absolute Gasteiger partial charge is 0.415 e. The van der Waals surface area contributed by atoms with E-state index in [-0.39, 0.29) is 12.8 Å². The first-order chi connectivity index (χ1) is 7.48. The normalized spacial score (nSPS) is 17.1. The molecule has 4 N–H and O–H groups in total. The third kappa shape index (κ3) is 4.59. The van der Waals surface area contributed by atoms with Crippen molar-refractivity contribution < 1.29 is 27.9 Å². The van der Waals surface area contributed by atoms with Gasteiger partial charge in [0, 0.05) is 12.5 Å². The molecule has 0 aromatic rings. The highest BCUT2D eigenvalue weighted by molar-refractivity contribution is 5.86. The summed E-state index contributed by atoms with van der Waals surface area (Å²) in [4.78, 5) is 21.5. The maximum Gasteiger partial charge on any atom is 0.415 e. The van der Waals surface area contributed by atoms with E-state index in [0.717, 1.165) is 0 Å². The second-order valence-corrected chi connectivity index (χ2v) is 4.01. The van der Waals surface area contributed by atoms with Crippen LogP contribution in [0.4, 0.5) is 13.2 Å².